The lowest BCUT2D eigenvalue weighted by Crippen LogP contribution is -2.14. The van der Waals surface area contributed by atoms with Gasteiger partial charge in [-0.15, -0.1) is 0 Å². The quantitative estimate of drug-likeness (QED) is 0.665. The van der Waals surface area contributed by atoms with Gasteiger partial charge in [-0.2, -0.15) is 0 Å². The molecule has 2 aromatic rings. The number of hydrogen-bond acceptors (Lipinski definition) is 4. The zero-order valence-electron chi connectivity index (χ0n) is 12.2. The summed E-state index contributed by atoms with van der Waals surface area (Å²) in [6.45, 7) is 7.93. The number of nitrogens with zero attached hydrogens (tertiary/aromatic N) is 2. The number of nitrogens with two attached hydrogens (primary N) is 1. The minimum absolute atomic E-state index is 0.253. The fourth-order valence-corrected chi connectivity index (χ4v) is 2.34. The molecular weight excluding hydrogens is 255 g/mol. The first-order valence-electron chi connectivity index (χ1n) is 6.55. The van der Waals surface area contributed by atoms with Crippen LogP contribution in [0.4, 0.5) is 10.2 Å². The van der Waals surface area contributed by atoms with Gasteiger partial charge in [0, 0.05) is 16.8 Å². The van der Waals surface area contributed by atoms with E-state index in [-0.39, 0.29) is 11.7 Å². The summed E-state index contributed by atoms with van der Waals surface area (Å²) in [7, 11) is 0. The van der Waals surface area contributed by atoms with E-state index in [0.717, 1.165) is 16.8 Å². The molecule has 1 aromatic heterocycles. The van der Waals surface area contributed by atoms with E-state index in [2.05, 4.69) is 29.2 Å². The minimum atomic E-state index is -0.304. The maximum atomic E-state index is 13.4. The largest absolute Gasteiger partial charge is 0.308 e. The molecule has 0 unspecified atom stereocenters. The highest BCUT2D eigenvalue weighted by atomic mass is 19.1. The predicted octanol–water partition coefficient (Wildman–Crippen LogP) is 3.31. The van der Waals surface area contributed by atoms with Crippen LogP contribution in [0.5, 0.6) is 0 Å². The van der Waals surface area contributed by atoms with Crippen LogP contribution < -0.4 is 11.3 Å². The SMILES string of the molecule is Cc1ccc(F)cc1-c1nc(C)c(C(C)C)c(NN)n1. The highest BCUT2D eigenvalue weighted by Crippen LogP contribution is 2.29. The van der Waals surface area contributed by atoms with Crippen LogP contribution in [0.3, 0.4) is 0 Å². The molecule has 0 atom stereocenters. The second-order valence-corrected chi connectivity index (χ2v) is 5.15. The first-order chi connectivity index (χ1) is 9.43. The Balaban J connectivity index is 2.64. The third-order valence-corrected chi connectivity index (χ3v) is 3.29. The summed E-state index contributed by atoms with van der Waals surface area (Å²) < 4.78 is 13.4. The molecule has 1 aromatic carbocycles. The van der Waals surface area contributed by atoms with Crippen LogP contribution in [0.2, 0.25) is 0 Å². The molecular formula is C15H19FN4. The van der Waals surface area contributed by atoms with Gasteiger partial charge in [-0.25, -0.2) is 20.2 Å². The molecule has 0 saturated carbocycles. The summed E-state index contributed by atoms with van der Waals surface area (Å²) >= 11 is 0. The van der Waals surface area contributed by atoms with Gasteiger partial charge in [0.1, 0.15) is 11.6 Å². The maximum absolute atomic E-state index is 13.4. The number of rotatable bonds is 3. The molecule has 106 valence electrons. The summed E-state index contributed by atoms with van der Waals surface area (Å²) in [6.07, 6.45) is 0. The summed E-state index contributed by atoms with van der Waals surface area (Å²) in [5.41, 5.74) is 6.05. The van der Waals surface area contributed by atoms with Gasteiger partial charge in [-0.3, -0.25) is 0 Å². The molecule has 0 aliphatic heterocycles. The van der Waals surface area contributed by atoms with E-state index in [0.29, 0.717) is 17.2 Å². The lowest BCUT2D eigenvalue weighted by molar-refractivity contribution is 0.627. The van der Waals surface area contributed by atoms with Crippen molar-refractivity contribution in [2.75, 3.05) is 5.43 Å². The number of halogens is 1. The van der Waals surface area contributed by atoms with Crippen LogP contribution in [-0.4, -0.2) is 9.97 Å². The van der Waals surface area contributed by atoms with Crippen molar-refractivity contribution in [2.45, 2.75) is 33.6 Å². The van der Waals surface area contributed by atoms with Gasteiger partial charge in [-0.05, 0) is 37.5 Å². The molecule has 20 heavy (non-hydrogen) atoms. The number of nitrogens with one attached hydrogen (secondary N) is 1. The van der Waals surface area contributed by atoms with E-state index in [1.54, 1.807) is 6.07 Å². The van der Waals surface area contributed by atoms with E-state index in [1.807, 2.05) is 13.8 Å². The lowest BCUT2D eigenvalue weighted by atomic mass is 10.0. The van der Waals surface area contributed by atoms with Crippen molar-refractivity contribution in [3.8, 4) is 11.4 Å². The lowest BCUT2D eigenvalue weighted by Gasteiger charge is -2.16. The Morgan fingerprint density at radius 2 is 1.90 bits per heavy atom. The molecule has 0 saturated heterocycles. The van der Waals surface area contributed by atoms with Gasteiger partial charge in [0.2, 0.25) is 0 Å². The standard InChI is InChI=1S/C15H19FN4/c1-8(2)13-10(4)18-14(19-15(13)20-17)12-7-11(16)6-5-9(12)3/h5-8H,17H2,1-4H3,(H,18,19,20). The minimum Gasteiger partial charge on any atom is -0.308 e. The number of aromatic nitrogens is 2. The Morgan fingerprint density at radius 1 is 1.20 bits per heavy atom. The molecule has 3 N–H and O–H groups in total. The summed E-state index contributed by atoms with van der Waals surface area (Å²) in [5.74, 6) is 6.58. The van der Waals surface area contributed by atoms with E-state index in [9.17, 15) is 4.39 Å². The van der Waals surface area contributed by atoms with Crippen molar-refractivity contribution < 1.29 is 4.39 Å². The zero-order chi connectivity index (χ0) is 14.9. The fourth-order valence-electron chi connectivity index (χ4n) is 2.34. The van der Waals surface area contributed by atoms with Gasteiger partial charge >= 0.3 is 0 Å². The van der Waals surface area contributed by atoms with Crippen LogP contribution in [0, 0.1) is 19.7 Å². The van der Waals surface area contributed by atoms with Crippen molar-refractivity contribution >= 4 is 5.82 Å². The van der Waals surface area contributed by atoms with Crippen molar-refractivity contribution in [2.24, 2.45) is 5.84 Å². The third kappa shape index (κ3) is 2.63. The summed E-state index contributed by atoms with van der Waals surface area (Å²) in [4.78, 5) is 8.93. The molecule has 0 aliphatic carbocycles. The van der Waals surface area contributed by atoms with Crippen LogP contribution in [0.25, 0.3) is 11.4 Å². The van der Waals surface area contributed by atoms with Gasteiger partial charge in [0.25, 0.3) is 0 Å². The van der Waals surface area contributed by atoms with E-state index in [4.69, 9.17) is 5.84 Å². The second kappa shape index (κ2) is 5.54. The number of benzene rings is 1. The van der Waals surface area contributed by atoms with Gasteiger partial charge in [0.15, 0.2) is 5.82 Å². The normalized spacial score (nSPS) is 10.9. The van der Waals surface area contributed by atoms with Crippen molar-refractivity contribution in [3.63, 3.8) is 0 Å². The van der Waals surface area contributed by atoms with Crippen LogP contribution in [0.15, 0.2) is 18.2 Å². The first-order valence-corrected chi connectivity index (χ1v) is 6.55. The number of anilines is 1. The average Bonchev–Trinajstić information content (AvgIpc) is 2.40. The fraction of sp³-hybridized carbons (Fsp3) is 0.333. The number of hydrogen-bond donors (Lipinski definition) is 2. The van der Waals surface area contributed by atoms with Gasteiger partial charge < -0.3 is 5.43 Å². The van der Waals surface area contributed by atoms with E-state index in [1.165, 1.54) is 12.1 Å². The second-order valence-electron chi connectivity index (χ2n) is 5.15. The topological polar surface area (TPSA) is 63.8 Å². The Morgan fingerprint density at radius 3 is 2.50 bits per heavy atom. The van der Waals surface area contributed by atoms with Crippen LogP contribution >= 0.6 is 0 Å². The monoisotopic (exact) mass is 274 g/mol. The predicted molar refractivity (Wildman–Crippen MR) is 78.8 cm³/mol. The zero-order valence-corrected chi connectivity index (χ0v) is 12.2. The molecule has 4 nitrogen and oxygen atoms in total. The van der Waals surface area contributed by atoms with E-state index >= 15 is 0 Å². The molecule has 0 fully saturated rings. The molecule has 2 rings (SSSR count). The summed E-state index contributed by atoms with van der Waals surface area (Å²) in [5, 5.41) is 0. The Labute approximate surface area is 118 Å². The Bertz CT molecular complexity index is 638. The van der Waals surface area contributed by atoms with Crippen LogP contribution in [-0.2, 0) is 0 Å². The highest BCUT2D eigenvalue weighted by Gasteiger charge is 2.16. The Kier molecular flexibility index (Phi) is 3.99. The number of hydrazine groups is 1. The maximum Gasteiger partial charge on any atom is 0.162 e. The Hall–Kier alpha value is -2.01. The number of nitrogen functional groups attached to an aromatic ring is 1. The van der Waals surface area contributed by atoms with Crippen molar-refractivity contribution in [3.05, 3.63) is 40.8 Å². The van der Waals surface area contributed by atoms with Crippen LogP contribution in [0.1, 0.15) is 36.6 Å². The molecule has 5 heteroatoms. The third-order valence-electron chi connectivity index (χ3n) is 3.29. The van der Waals surface area contributed by atoms with E-state index < -0.39 is 0 Å². The average molecular weight is 274 g/mol. The molecule has 0 radical (unpaired) electrons. The van der Waals surface area contributed by atoms with Gasteiger partial charge in [0.05, 0.1) is 0 Å². The molecule has 0 bridgehead atoms. The molecule has 0 amide bonds. The number of aryl methyl sites for hydroxylation is 2. The van der Waals surface area contributed by atoms with Crippen molar-refractivity contribution in [1.29, 1.82) is 0 Å². The smallest absolute Gasteiger partial charge is 0.162 e. The van der Waals surface area contributed by atoms with Gasteiger partial charge in [-0.1, -0.05) is 19.9 Å². The molecule has 0 spiro atoms. The highest BCUT2D eigenvalue weighted by molar-refractivity contribution is 5.63. The first kappa shape index (κ1) is 14.4. The molecule has 0 aliphatic rings. The molecule has 1 heterocycles. The van der Waals surface area contributed by atoms with Crippen molar-refractivity contribution in [1.82, 2.24) is 9.97 Å². The summed E-state index contributed by atoms with van der Waals surface area (Å²) in [6, 6.07) is 4.59.